The molecule has 0 aliphatic heterocycles. The fourth-order valence-electron chi connectivity index (χ4n) is 18.7. The van der Waals surface area contributed by atoms with Crippen molar-refractivity contribution in [3.63, 3.8) is 0 Å². The summed E-state index contributed by atoms with van der Waals surface area (Å²) in [5.41, 5.74) is 22.2. The molecule has 21 rings (SSSR count). The van der Waals surface area contributed by atoms with E-state index in [1.165, 1.54) is 240 Å². The third-order valence-electron chi connectivity index (χ3n) is 23.5. The zero-order valence-corrected chi connectivity index (χ0v) is 58.7. The lowest BCUT2D eigenvalue weighted by Crippen LogP contribution is -2.12. The van der Waals surface area contributed by atoms with Crippen LogP contribution in [0.2, 0.25) is 0 Å². The lowest BCUT2D eigenvalue weighted by molar-refractivity contribution is 0.590. The number of aryl methyl sites for hydroxylation is 2. The van der Waals surface area contributed by atoms with Crippen LogP contribution < -0.4 is 0 Å². The lowest BCUT2D eigenvalue weighted by Gasteiger charge is -2.25. The van der Waals surface area contributed by atoms with Crippen LogP contribution in [0.25, 0.3) is 218 Å². The second kappa shape index (κ2) is 21.3. The minimum atomic E-state index is -0.0735. The van der Waals surface area contributed by atoms with Gasteiger partial charge in [0.25, 0.3) is 0 Å². The Kier molecular flexibility index (Phi) is 12.3. The molecule has 0 saturated heterocycles. The van der Waals surface area contributed by atoms with Gasteiger partial charge in [0, 0.05) is 0 Å². The van der Waals surface area contributed by atoms with Crippen LogP contribution in [0.15, 0.2) is 291 Å². The number of fused-ring (bicyclic) bond motifs is 11. The Morgan fingerprint density at radius 3 is 0.892 bits per heavy atom. The molecule has 0 radical (unpaired) electrons. The van der Waals surface area contributed by atoms with Crippen molar-refractivity contribution in [1.82, 2.24) is 0 Å². The molecule has 0 N–H and O–H groups in total. The predicted molar refractivity (Wildman–Crippen MR) is 444 cm³/mol. The van der Waals surface area contributed by atoms with Gasteiger partial charge in [0.15, 0.2) is 0 Å². The Bertz CT molecular complexity index is 6590. The summed E-state index contributed by atoms with van der Waals surface area (Å²) in [6, 6.07) is 113. The van der Waals surface area contributed by atoms with Gasteiger partial charge < -0.3 is 0 Å². The second-order valence-corrected chi connectivity index (χ2v) is 31.4. The molecule has 21 aromatic rings. The zero-order valence-electron chi connectivity index (χ0n) is 58.7. The molecule has 0 saturated carbocycles. The van der Waals surface area contributed by atoms with E-state index in [2.05, 4.69) is 347 Å². The van der Waals surface area contributed by atoms with E-state index < -0.39 is 0 Å². The van der Waals surface area contributed by atoms with Crippen molar-refractivity contribution < 1.29 is 0 Å². The van der Waals surface area contributed by atoms with E-state index in [-0.39, 0.29) is 10.8 Å². The summed E-state index contributed by atoms with van der Waals surface area (Å²) >= 11 is 0. The van der Waals surface area contributed by atoms with Crippen LogP contribution in [0, 0.1) is 13.8 Å². The average molecular weight is 1300 g/mol. The van der Waals surface area contributed by atoms with Gasteiger partial charge in [-0.3, -0.25) is 0 Å². The molecule has 0 fully saturated rings. The number of rotatable bonds is 7. The maximum Gasteiger partial charge on any atom is -0.000739 e. The number of hydrogen-bond donors (Lipinski definition) is 0. The molecule has 102 heavy (non-hydrogen) atoms. The predicted octanol–water partition coefficient (Wildman–Crippen LogP) is 29.3. The fraction of sp³-hybridized carbons (Fsp3) is 0.0980. The minimum absolute atomic E-state index is 0.0735. The SMILES string of the molecule is Cc1cccc(C)c1-c1ccc2c3ccc4c5cc6c(-c7cc(-c8ccccc8)cc(-c8ccccc8)c7)c7c8ccc9c%10cc(C(C)(C)C)cc%11cc(C(C)(C)C)cc(c%12ccc(c7c(-c7cc(-c%13ccccc%13)cc(-c%13ccccc%13)c7)c6cc5c5ccc(c6cccc1c62)c3c54)c8c%129)c%11%10. The van der Waals surface area contributed by atoms with Crippen LogP contribution in [0.5, 0.6) is 0 Å². The van der Waals surface area contributed by atoms with Crippen molar-refractivity contribution in [3.8, 4) is 77.9 Å². The monoisotopic (exact) mass is 1300 g/mol. The summed E-state index contributed by atoms with van der Waals surface area (Å²) in [7, 11) is 0. The van der Waals surface area contributed by atoms with Crippen molar-refractivity contribution in [2.75, 3.05) is 0 Å². The summed E-state index contributed by atoms with van der Waals surface area (Å²) in [6.07, 6.45) is 0. The topological polar surface area (TPSA) is 0 Å². The molecule has 480 valence electrons. The van der Waals surface area contributed by atoms with Crippen molar-refractivity contribution in [2.24, 2.45) is 0 Å². The Morgan fingerprint density at radius 2 is 0.490 bits per heavy atom. The molecule has 21 aromatic carbocycles. The van der Waals surface area contributed by atoms with Gasteiger partial charge in [-0.1, -0.05) is 272 Å². The first-order valence-electron chi connectivity index (χ1n) is 36.4. The summed E-state index contributed by atoms with van der Waals surface area (Å²) < 4.78 is 0. The second-order valence-electron chi connectivity index (χ2n) is 31.4. The molecule has 0 bridgehead atoms. The molecule has 0 unspecified atom stereocenters. The van der Waals surface area contributed by atoms with E-state index in [9.17, 15) is 0 Å². The molecule has 0 spiro atoms. The van der Waals surface area contributed by atoms with E-state index in [4.69, 9.17) is 0 Å². The number of benzene rings is 19. The number of hydrogen-bond acceptors (Lipinski definition) is 0. The van der Waals surface area contributed by atoms with Crippen LogP contribution in [0.3, 0.4) is 0 Å². The highest BCUT2D eigenvalue weighted by Gasteiger charge is 2.31. The molecule has 0 heterocycles. The normalized spacial score (nSPS) is 12.7. The first kappa shape index (κ1) is 59.0. The van der Waals surface area contributed by atoms with Crippen LogP contribution in [0.4, 0.5) is 0 Å². The van der Waals surface area contributed by atoms with Gasteiger partial charge >= 0.3 is 0 Å². The molecule has 0 aliphatic rings. The zero-order chi connectivity index (χ0) is 68.3. The highest BCUT2D eigenvalue weighted by molar-refractivity contribution is 6.48. The quantitative estimate of drug-likeness (QED) is 0.110. The molecular weight excluding hydrogens is 1230 g/mol. The van der Waals surface area contributed by atoms with Crippen molar-refractivity contribution in [3.05, 3.63) is 313 Å². The highest BCUT2D eigenvalue weighted by Crippen LogP contribution is 2.58. The van der Waals surface area contributed by atoms with Crippen LogP contribution >= 0.6 is 0 Å². The van der Waals surface area contributed by atoms with Crippen molar-refractivity contribution >= 4 is 140 Å². The van der Waals surface area contributed by atoms with E-state index in [0.717, 1.165) is 0 Å². The fourth-order valence-corrected chi connectivity index (χ4v) is 18.7. The van der Waals surface area contributed by atoms with Gasteiger partial charge in [0.05, 0.1) is 0 Å². The smallest absolute Gasteiger partial charge is 0.000739 e. The first-order chi connectivity index (χ1) is 49.7. The average Bonchev–Trinajstić information content (AvgIpc) is 1.49. The van der Waals surface area contributed by atoms with Crippen molar-refractivity contribution in [1.29, 1.82) is 0 Å². The van der Waals surface area contributed by atoms with E-state index in [0.29, 0.717) is 0 Å². The maximum atomic E-state index is 2.65. The lowest BCUT2D eigenvalue weighted by atomic mass is 9.79. The van der Waals surface area contributed by atoms with E-state index >= 15 is 0 Å². The third kappa shape index (κ3) is 8.44. The van der Waals surface area contributed by atoms with E-state index in [1.54, 1.807) is 0 Å². The van der Waals surface area contributed by atoms with Crippen molar-refractivity contribution in [2.45, 2.75) is 66.2 Å². The van der Waals surface area contributed by atoms with Gasteiger partial charge in [0.1, 0.15) is 0 Å². The summed E-state index contributed by atoms with van der Waals surface area (Å²) in [5.74, 6) is 0. The maximum absolute atomic E-state index is 2.65. The molecule has 0 aliphatic carbocycles. The van der Waals surface area contributed by atoms with Crippen LogP contribution in [-0.2, 0) is 10.8 Å². The summed E-state index contributed by atoms with van der Waals surface area (Å²) in [6.45, 7) is 18.7. The van der Waals surface area contributed by atoms with Gasteiger partial charge in [-0.15, -0.1) is 0 Å². The summed E-state index contributed by atoms with van der Waals surface area (Å²) in [4.78, 5) is 0. The standard InChI is InChI=1S/C102H72/c1-57-23-21-24-58(2)90(57)74-35-36-75-77-38-40-79-85-56-89-88(55-84(85)78-39-37-76(95(77)96(78)79)73-34-22-33-72(74)94(73)75)92(67-47-63(59-25-13-9-14-26-59)45-64(48-67)60-27-15-10-16-28-60)99-82-43-41-80-86-53-70(101(3,4)5)51-69-52-71(102(6,7)8)54-87(91(69)86)81-42-44-83(98(82)97(80)81)100(99)93(89)68-49-65(61-29-17-11-18-30-61)46-66(50-68)62-31-19-12-20-32-62/h9-56H,1-8H3. The Morgan fingerprint density at radius 1 is 0.176 bits per heavy atom. The summed E-state index contributed by atoms with van der Waals surface area (Å²) in [5, 5.41) is 33.9. The van der Waals surface area contributed by atoms with Crippen LogP contribution in [-0.4, -0.2) is 0 Å². The Labute approximate surface area is 593 Å². The Hall–Kier alpha value is -12.0. The highest BCUT2D eigenvalue weighted by atomic mass is 14.3. The van der Waals surface area contributed by atoms with Gasteiger partial charge in [0.2, 0.25) is 0 Å². The largest absolute Gasteiger partial charge is 0.0622 e. The minimum Gasteiger partial charge on any atom is -0.0622 e. The van der Waals surface area contributed by atoms with Crippen LogP contribution in [0.1, 0.15) is 63.8 Å². The Balaban J connectivity index is 0.975. The van der Waals surface area contributed by atoms with Gasteiger partial charge in [-0.05, 0) is 326 Å². The van der Waals surface area contributed by atoms with E-state index in [1.807, 2.05) is 0 Å². The van der Waals surface area contributed by atoms with Gasteiger partial charge in [-0.25, -0.2) is 0 Å². The molecule has 0 nitrogen and oxygen atoms in total. The molecular formula is C102H72. The molecule has 0 heteroatoms. The van der Waals surface area contributed by atoms with Gasteiger partial charge in [-0.2, -0.15) is 0 Å². The first-order valence-corrected chi connectivity index (χ1v) is 36.4. The third-order valence-corrected chi connectivity index (χ3v) is 23.5. The molecule has 0 aromatic heterocycles. The molecule has 0 amide bonds. The molecule has 0 atom stereocenters.